The quantitative estimate of drug-likeness (QED) is 0.278. The van der Waals surface area contributed by atoms with Crippen molar-refractivity contribution in [2.24, 2.45) is 0 Å². The molecule has 200 valence electrons. The molecule has 6 nitrogen and oxygen atoms in total. The predicted octanol–water partition coefficient (Wildman–Crippen LogP) is 5.20. The summed E-state index contributed by atoms with van der Waals surface area (Å²) in [5, 5.41) is 3.06. The fraction of sp³-hybridized carbons (Fsp3) is 0.212. The first-order chi connectivity index (χ1) is 19.1. The van der Waals surface area contributed by atoms with Crippen LogP contribution < -0.4 is 14.8 Å². The number of hydrogen-bond acceptors (Lipinski definition) is 4. The van der Waals surface area contributed by atoms with Crippen molar-refractivity contribution < 1.29 is 19.1 Å². The first-order valence-corrected chi connectivity index (χ1v) is 13.0. The molecule has 4 rings (SSSR count). The Morgan fingerprint density at radius 3 is 1.97 bits per heavy atom. The van der Waals surface area contributed by atoms with Crippen LogP contribution in [-0.2, 0) is 35.5 Å². The molecule has 4 aromatic rings. The van der Waals surface area contributed by atoms with E-state index in [9.17, 15) is 9.59 Å². The lowest BCUT2D eigenvalue weighted by atomic mass is 10.0. The second-order valence-corrected chi connectivity index (χ2v) is 9.27. The van der Waals surface area contributed by atoms with Crippen LogP contribution in [-0.4, -0.2) is 37.0 Å². The third kappa shape index (κ3) is 7.71. The van der Waals surface area contributed by atoms with Crippen LogP contribution in [0, 0.1) is 0 Å². The Morgan fingerprint density at radius 2 is 1.33 bits per heavy atom. The van der Waals surface area contributed by atoms with Gasteiger partial charge >= 0.3 is 0 Å². The average Bonchev–Trinajstić information content (AvgIpc) is 2.99. The third-order valence-corrected chi connectivity index (χ3v) is 6.63. The van der Waals surface area contributed by atoms with Gasteiger partial charge in [-0.2, -0.15) is 0 Å². The van der Waals surface area contributed by atoms with E-state index >= 15 is 0 Å². The molecule has 0 aliphatic rings. The Labute approximate surface area is 230 Å². The lowest BCUT2D eigenvalue weighted by Crippen LogP contribution is -2.50. The Bertz CT molecular complexity index is 1340. The first kappa shape index (κ1) is 27.5. The molecular formula is C33H34N2O4. The van der Waals surface area contributed by atoms with Gasteiger partial charge in [-0.05, 0) is 34.9 Å². The lowest BCUT2D eigenvalue weighted by molar-refractivity contribution is -0.140. The summed E-state index contributed by atoms with van der Waals surface area (Å²) < 4.78 is 10.8. The maximum absolute atomic E-state index is 13.9. The van der Waals surface area contributed by atoms with Crippen LogP contribution in [0.15, 0.2) is 109 Å². The smallest absolute Gasteiger partial charge is 0.243 e. The number of amides is 2. The monoisotopic (exact) mass is 522 g/mol. The number of ether oxygens (including phenoxy) is 2. The molecule has 0 bridgehead atoms. The van der Waals surface area contributed by atoms with E-state index in [0.717, 1.165) is 28.0 Å². The summed E-state index contributed by atoms with van der Waals surface area (Å²) in [5.74, 6) is 1.09. The molecule has 1 atom stereocenters. The number of para-hydroxylation sites is 1. The highest BCUT2D eigenvalue weighted by Crippen LogP contribution is 2.20. The summed E-state index contributed by atoms with van der Waals surface area (Å²) in [7, 11) is 3.23. The van der Waals surface area contributed by atoms with Crippen molar-refractivity contribution in [2.75, 3.05) is 14.2 Å². The molecule has 1 N–H and O–H groups in total. The Kier molecular flexibility index (Phi) is 9.73. The lowest BCUT2D eigenvalue weighted by Gasteiger charge is -2.32. The van der Waals surface area contributed by atoms with Crippen LogP contribution in [0.1, 0.15) is 22.3 Å². The number of hydrogen-bond donors (Lipinski definition) is 1. The number of benzene rings is 4. The zero-order valence-electron chi connectivity index (χ0n) is 22.4. The van der Waals surface area contributed by atoms with Crippen molar-refractivity contribution in [2.45, 2.75) is 32.0 Å². The minimum Gasteiger partial charge on any atom is -0.497 e. The minimum absolute atomic E-state index is 0.120. The fourth-order valence-corrected chi connectivity index (χ4v) is 4.50. The van der Waals surface area contributed by atoms with Gasteiger partial charge in [0.1, 0.15) is 17.5 Å². The molecule has 0 unspecified atom stereocenters. The zero-order valence-corrected chi connectivity index (χ0v) is 22.4. The summed E-state index contributed by atoms with van der Waals surface area (Å²) in [6.07, 6.45) is 0.581. The molecule has 0 fully saturated rings. The summed E-state index contributed by atoms with van der Waals surface area (Å²) in [6.45, 7) is 0.576. The third-order valence-electron chi connectivity index (χ3n) is 6.63. The molecule has 0 aromatic heterocycles. The first-order valence-electron chi connectivity index (χ1n) is 13.0. The number of carbonyl (C=O) groups is 2. The zero-order chi connectivity index (χ0) is 27.5. The van der Waals surface area contributed by atoms with Gasteiger partial charge in [-0.25, -0.2) is 0 Å². The molecular weight excluding hydrogens is 488 g/mol. The van der Waals surface area contributed by atoms with Crippen LogP contribution in [0.2, 0.25) is 0 Å². The molecule has 0 spiro atoms. The number of methoxy groups -OCH3 is 2. The van der Waals surface area contributed by atoms with Crippen molar-refractivity contribution in [3.63, 3.8) is 0 Å². The summed E-state index contributed by atoms with van der Waals surface area (Å²) in [4.78, 5) is 29.4. The minimum atomic E-state index is -0.722. The van der Waals surface area contributed by atoms with Crippen molar-refractivity contribution in [3.8, 4) is 11.5 Å². The van der Waals surface area contributed by atoms with Gasteiger partial charge in [0, 0.05) is 25.1 Å². The SMILES string of the molecule is COc1ccc(CN(C(=O)Cc2ccccc2)[C@@H](Cc2ccccc2)C(=O)NCc2ccccc2OC)cc1. The standard InChI is InChI=1S/C33H34N2O4/c1-38-29-19-17-27(18-20-29)24-35(32(36)22-26-13-7-4-8-14-26)30(21-25-11-5-3-6-12-25)33(37)34-23-28-15-9-10-16-31(28)39-2/h3-20,30H,21-24H2,1-2H3,(H,34,37)/t30-/m0/s1. The van der Waals surface area contributed by atoms with Gasteiger partial charge in [-0.15, -0.1) is 0 Å². The van der Waals surface area contributed by atoms with Crippen molar-refractivity contribution >= 4 is 11.8 Å². The predicted molar refractivity (Wildman–Crippen MR) is 152 cm³/mol. The molecule has 6 heteroatoms. The molecule has 4 aromatic carbocycles. The summed E-state index contributed by atoms with van der Waals surface area (Å²) in [6, 6.07) is 33.8. The second-order valence-electron chi connectivity index (χ2n) is 9.27. The molecule has 0 aliphatic heterocycles. The highest BCUT2D eigenvalue weighted by atomic mass is 16.5. The van der Waals surface area contributed by atoms with Gasteiger partial charge in [0.15, 0.2) is 0 Å². The van der Waals surface area contributed by atoms with Crippen LogP contribution >= 0.6 is 0 Å². The number of rotatable bonds is 12. The second kappa shape index (κ2) is 13.8. The van der Waals surface area contributed by atoms with E-state index in [4.69, 9.17) is 9.47 Å². The molecule has 2 amide bonds. The molecule has 39 heavy (non-hydrogen) atoms. The highest BCUT2D eigenvalue weighted by Gasteiger charge is 2.30. The number of nitrogens with one attached hydrogen (secondary N) is 1. The van der Waals surface area contributed by atoms with E-state index in [1.165, 1.54) is 0 Å². The molecule has 0 saturated heterocycles. The van der Waals surface area contributed by atoms with Crippen LogP contribution in [0.25, 0.3) is 0 Å². The van der Waals surface area contributed by atoms with Gasteiger partial charge in [0.05, 0.1) is 20.6 Å². The topological polar surface area (TPSA) is 67.9 Å². The molecule has 0 radical (unpaired) electrons. The largest absolute Gasteiger partial charge is 0.497 e. The molecule has 0 aliphatic carbocycles. The Hall–Kier alpha value is -4.58. The summed E-state index contributed by atoms with van der Waals surface area (Å²) >= 11 is 0. The number of carbonyl (C=O) groups excluding carboxylic acids is 2. The molecule has 0 saturated carbocycles. The number of nitrogens with zero attached hydrogens (tertiary/aromatic N) is 1. The van der Waals surface area contributed by atoms with Crippen molar-refractivity contribution in [1.82, 2.24) is 10.2 Å². The van der Waals surface area contributed by atoms with E-state index in [-0.39, 0.29) is 31.3 Å². The van der Waals surface area contributed by atoms with E-state index < -0.39 is 6.04 Å². The van der Waals surface area contributed by atoms with E-state index in [0.29, 0.717) is 12.2 Å². The van der Waals surface area contributed by atoms with Gasteiger partial charge < -0.3 is 19.7 Å². The maximum atomic E-state index is 13.9. The maximum Gasteiger partial charge on any atom is 0.243 e. The van der Waals surface area contributed by atoms with Gasteiger partial charge in [-0.3, -0.25) is 9.59 Å². The Morgan fingerprint density at radius 1 is 0.718 bits per heavy atom. The van der Waals surface area contributed by atoms with Gasteiger partial charge in [0.2, 0.25) is 11.8 Å². The fourth-order valence-electron chi connectivity index (χ4n) is 4.50. The van der Waals surface area contributed by atoms with Crippen LogP contribution in [0.5, 0.6) is 11.5 Å². The van der Waals surface area contributed by atoms with Crippen molar-refractivity contribution in [3.05, 3.63) is 131 Å². The average molecular weight is 523 g/mol. The van der Waals surface area contributed by atoms with Crippen molar-refractivity contribution in [1.29, 1.82) is 0 Å². The van der Waals surface area contributed by atoms with Gasteiger partial charge in [0.25, 0.3) is 0 Å². The van der Waals surface area contributed by atoms with E-state index in [1.54, 1.807) is 19.1 Å². The van der Waals surface area contributed by atoms with Crippen LogP contribution in [0.3, 0.4) is 0 Å². The van der Waals surface area contributed by atoms with Gasteiger partial charge in [-0.1, -0.05) is 91.0 Å². The van der Waals surface area contributed by atoms with Crippen LogP contribution in [0.4, 0.5) is 0 Å². The highest BCUT2D eigenvalue weighted by molar-refractivity contribution is 5.88. The molecule has 0 heterocycles. The summed E-state index contributed by atoms with van der Waals surface area (Å²) in [5.41, 5.74) is 3.65. The van der Waals surface area contributed by atoms with E-state index in [1.807, 2.05) is 109 Å². The Balaban J connectivity index is 1.65. The van der Waals surface area contributed by atoms with E-state index in [2.05, 4.69) is 5.32 Å². The normalized spacial score (nSPS) is 11.3.